The molecule has 2 unspecified atom stereocenters. The van der Waals surface area contributed by atoms with E-state index in [4.69, 9.17) is 14.9 Å². The number of nitrogens with zero attached hydrogens (tertiary/aromatic N) is 1. The Morgan fingerprint density at radius 3 is 1.80 bits per heavy atom. The van der Waals surface area contributed by atoms with Crippen LogP contribution in [0.15, 0.2) is 78.9 Å². The second-order valence-electron chi connectivity index (χ2n) is 10.9. The average Bonchev–Trinajstić information content (AvgIpc) is 2.96. The van der Waals surface area contributed by atoms with Crippen LogP contribution in [0.25, 0.3) is 0 Å². The fraction of sp³-hybridized carbons (Fsp3) is 0.412. The lowest BCUT2D eigenvalue weighted by molar-refractivity contribution is -0.147. The number of carboxylic acid groups (broad SMARTS) is 1. The molecule has 0 fully saturated rings. The number of hydrogen-bond donors (Lipinski definition) is 3. The highest BCUT2D eigenvalue weighted by Crippen LogP contribution is 2.36. The molecule has 222 valence electrons. The topological polar surface area (TPSA) is 107 Å². The van der Waals surface area contributed by atoms with E-state index in [1.165, 1.54) is 5.56 Å². The number of rotatable bonds is 12. The fourth-order valence-electron chi connectivity index (χ4n) is 4.64. The largest absolute Gasteiger partial charge is 0.479 e. The van der Waals surface area contributed by atoms with Gasteiger partial charge >= 0.3 is 11.9 Å². The Morgan fingerprint density at radius 1 is 0.805 bits per heavy atom. The van der Waals surface area contributed by atoms with Gasteiger partial charge in [0.1, 0.15) is 5.75 Å². The van der Waals surface area contributed by atoms with Crippen molar-refractivity contribution in [2.45, 2.75) is 78.7 Å². The minimum atomic E-state index is -1.41. The van der Waals surface area contributed by atoms with Gasteiger partial charge in [0.05, 0.1) is 12.5 Å². The van der Waals surface area contributed by atoms with E-state index in [0.717, 1.165) is 24.1 Å². The highest BCUT2D eigenvalue weighted by atomic mass is 16.5. The molecule has 3 N–H and O–H groups in total. The molecular weight excluding hydrogens is 518 g/mol. The number of carbonyl (C=O) groups excluding carboxylic acids is 1. The highest BCUT2D eigenvalue weighted by Gasteiger charge is 2.24. The zero-order valence-electron chi connectivity index (χ0n) is 25.0. The fourth-order valence-corrected chi connectivity index (χ4v) is 4.64. The van der Waals surface area contributed by atoms with Crippen LogP contribution >= 0.6 is 0 Å². The van der Waals surface area contributed by atoms with Crippen LogP contribution in [0.3, 0.4) is 0 Å². The van der Waals surface area contributed by atoms with E-state index in [9.17, 15) is 14.7 Å². The lowest BCUT2D eigenvalue weighted by atomic mass is 9.86. The van der Waals surface area contributed by atoms with Crippen molar-refractivity contribution in [1.82, 2.24) is 4.90 Å². The number of hydrogen-bond acceptors (Lipinski definition) is 6. The first-order chi connectivity index (χ1) is 19.5. The smallest absolute Gasteiger partial charge is 0.337 e. The van der Waals surface area contributed by atoms with E-state index in [1.807, 2.05) is 50.2 Å². The van der Waals surface area contributed by atoms with Crippen LogP contribution in [-0.2, 0) is 16.2 Å². The predicted octanol–water partition coefficient (Wildman–Crippen LogP) is 6.19. The maximum absolute atomic E-state index is 12.3. The first kappa shape index (κ1) is 33.7. The van der Waals surface area contributed by atoms with Crippen molar-refractivity contribution in [1.29, 1.82) is 0 Å². The molecule has 0 saturated carbocycles. The molecule has 0 aromatic heterocycles. The summed E-state index contributed by atoms with van der Waals surface area (Å²) in [6, 6.07) is 25.1. The second kappa shape index (κ2) is 16.7. The minimum Gasteiger partial charge on any atom is -0.479 e. The average molecular weight is 564 g/mol. The van der Waals surface area contributed by atoms with Gasteiger partial charge in [0.15, 0.2) is 6.10 Å². The minimum absolute atomic E-state index is 0.0446. The number of carboxylic acids is 1. The summed E-state index contributed by atoms with van der Waals surface area (Å²) in [7, 11) is 0. The van der Waals surface area contributed by atoms with Crippen molar-refractivity contribution in [3.63, 3.8) is 0 Å². The first-order valence-electron chi connectivity index (χ1n) is 14.2. The number of ether oxygens (including phenoxy) is 1. The molecule has 0 aliphatic rings. The lowest BCUT2D eigenvalue weighted by Crippen LogP contribution is -2.38. The van der Waals surface area contributed by atoms with Gasteiger partial charge in [-0.1, -0.05) is 80.6 Å². The van der Waals surface area contributed by atoms with Crippen LogP contribution in [0.4, 0.5) is 0 Å². The molecule has 7 heteroatoms. The highest BCUT2D eigenvalue weighted by molar-refractivity contribution is 5.75. The molecule has 0 aliphatic heterocycles. The van der Waals surface area contributed by atoms with Crippen molar-refractivity contribution < 1.29 is 29.6 Å². The molecule has 41 heavy (non-hydrogen) atoms. The van der Waals surface area contributed by atoms with Crippen LogP contribution in [0, 0.1) is 5.92 Å². The van der Waals surface area contributed by atoms with E-state index in [1.54, 1.807) is 30.3 Å². The van der Waals surface area contributed by atoms with Crippen molar-refractivity contribution in [3.8, 4) is 5.75 Å². The predicted molar refractivity (Wildman–Crippen MR) is 162 cm³/mol. The third-order valence-corrected chi connectivity index (χ3v) is 6.87. The van der Waals surface area contributed by atoms with Gasteiger partial charge in [-0.2, -0.15) is 0 Å². The summed E-state index contributed by atoms with van der Waals surface area (Å²) < 4.78 is 5.78. The molecule has 0 amide bonds. The number of esters is 1. The summed E-state index contributed by atoms with van der Waals surface area (Å²) in [5, 5.41) is 27.1. The molecule has 0 saturated heterocycles. The number of aliphatic carboxylic acids is 1. The van der Waals surface area contributed by atoms with Gasteiger partial charge in [-0.3, -0.25) is 9.69 Å². The number of benzene rings is 3. The summed E-state index contributed by atoms with van der Waals surface area (Å²) in [6.07, 6.45) is -0.516. The van der Waals surface area contributed by atoms with E-state index in [0.29, 0.717) is 23.4 Å². The van der Waals surface area contributed by atoms with Crippen LogP contribution in [0.5, 0.6) is 5.75 Å². The Bertz CT molecular complexity index is 1200. The summed E-state index contributed by atoms with van der Waals surface area (Å²) in [6.45, 7) is 13.4. The van der Waals surface area contributed by atoms with Crippen molar-refractivity contribution in [2.75, 3.05) is 6.54 Å². The van der Waals surface area contributed by atoms with Crippen LogP contribution in [0.2, 0.25) is 0 Å². The van der Waals surface area contributed by atoms with Crippen molar-refractivity contribution >= 4 is 11.9 Å². The summed E-state index contributed by atoms with van der Waals surface area (Å²) in [5.41, 5.74) is 3.36. The molecule has 3 rings (SSSR count). The number of aliphatic hydroxyl groups excluding tert-OH is 2. The van der Waals surface area contributed by atoms with Gasteiger partial charge in [0.2, 0.25) is 0 Å². The first-order valence-corrected chi connectivity index (χ1v) is 14.2. The molecule has 0 radical (unpaired) electrons. The zero-order valence-corrected chi connectivity index (χ0v) is 25.0. The third-order valence-electron chi connectivity index (χ3n) is 6.87. The molecule has 2 atom stereocenters. The second-order valence-corrected chi connectivity index (χ2v) is 10.9. The van der Waals surface area contributed by atoms with Crippen LogP contribution < -0.4 is 4.74 Å². The van der Waals surface area contributed by atoms with Crippen LogP contribution in [-0.4, -0.2) is 50.8 Å². The molecule has 7 nitrogen and oxygen atoms in total. The van der Waals surface area contributed by atoms with E-state index in [2.05, 4.69) is 44.7 Å². The molecular formula is C34H45NO6. The summed E-state index contributed by atoms with van der Waals surface area (Å²) in [5.74, 6) is -1.03. The number of aliphatic hydroxyl groups is 2. The zero-order chi connectivity index (χ0) is 30.5. The summed E-state index contributed by atoms with van der Waals surface area (Å²) >= 11 is 0. The Kier molecular flexibility index (Phi) is 13.7. The quantitative estimate of drug-likeness (QED) is 0.178. The Balaban J connectivity index is 0.000000446. The maximum Gasteiger partial charge on any atom is 0.337 e. The van der Waals surface area contributed by atoms with Crippen LogP contribution in [0.1, 0.15) is 82.2 Å². The molecule has 3 aromatic carbocycles. The molecule has 0 aliphatic carbocycles. The third kappa shape index (κ3) is 10.4. The van der Waals surface area contributed by atoms with Gasteiger partial charge in [0.25, 0.3) is 0 Å². The molecule has 0 spiro atoms. The van der Waals surface area contributed by atoms with Gasteiger partial charge < -0.3 is 20.1 Å². The Hall–Kier alpha value is -3.52. The number of carbonyl (C=O) groups is 2. The molecule has 0 bridgehead atoms. The van der Waals surface area contributed by atoms with E-state index >= 15 is 0 Å². The van der Waals surface area contributed by atoms with Gasteiger partial charge in [-0.15, -0.1) is 0 Å². The Morgan fingerprint density at radius 2 is 1.34 bits per heavy atom. The van der Waals surface area contributed by atoms with Crippen molar-refractivity contribution in [2.24, 2.45) is 5.92 Å². The SMILES string of the molecule is CC(C)C(=O)Oc1ccc(CO)cc1C(CCN(C(C)C)C(C)C)c1ccccc1.O=C(O)C(O)c1ccccc1. The normalized spacial score (nSPS) is 12.7. The van der Waals surface area contributed by atoms with Gasteiger partial charge in [0, 0.05) is 23.6 Å². The van der Waals surface area contributed by atoms with Gasteiger partial charge in [-0.05, 0) is 69.5 Å². The molecule has 0 heterocycles. The van der Waals surface area contributed by atoms with E-state index < -0.39 is 12.1 Å². The standard InChI is InChI=1S/C26H37NO3.C8H8O3/c1-18(2)26(29)30-25-13-12-21(17-28)16-24(25)23(22-10-8-7-9-11-22)14-15-27(19(3)4)20(5)6;9-7(8(10)11)6-4-2-1-3-5-6/h7-13,16,18-20,23,28H,14-15,17H2,1-6H3;1-5,7,9H,(H,10,11). The van der Waals surface area contributed by atoms with Crippen molar-refractivity contribution in [3.05, 3.63) is 101 Å². The lowest BCUT2D eigenvalue weighted by Gasteiger charge is -2.32. The summed E-state index contributed by atoms with van der Waals surface area (Å²) in [4.78, 5) is 25.1. The Labute approximate surface area is 244 Å². The monoisotopic (exact) mass is 563 g/mol. The molecule has 3 aromatic rings. The maximum atomic E-state index is 12.3. The van der Waals surface area contributed by atoms with E-state index in [-0.39, 0.29) is 24.4 Å². The van der Waals surface area contributed by atoms with Gasteiger partial charge in [-0.25, -0.2) is 4.79 Å².